The highest BCUT2D eigenvalue weighted by Gasteiger charge is 2.06. The summed E-state index contributed by atoms with van der Waals surface area (Å²) in [6.07, 6.45) is 5.27. The summed E-state index contributed by atoms with van der Waals surface area (Å²) < 4.78 is 0. The molecule has 3 heteroatoms. The number of hydrogen-bond donors (Lipinski definition) is 2. The average Bonchev–Trinajstić information content (AvgIpc) is 2.70. The van der Waals surface area contributed by atoms with Gasteiger partial charge in [-0.15, -0.1) is 0 Å². The van der Waals surface area contributed by atoms with Gasteiger partial charge in [0.1, 0.15) is 5.82 Å². The lowest BCUT2D eigenvalue weighted by atomic mass is 10.0. The number of rotatable bonds is 4. The van der Waals surface area contributed by atoms with Gasteiger partial charge in [-0.3, -0.25) is 0 Å². The van der Waals surface area contributed by atoms with E-state index in [0.717, 1.165) is 18.7 Å². The van der Waals surface area contributed by atoms with Crippen molar-refractivity contribution in [1.82, 2.24) is 9.97 Å². The van der Waals surface area contributed by atoms with Gasteiger partial charge in [-0.2, -0.15) is 0 Å². The smallest absolute Gasteiger partial charge is 0.107 e. The maximum atomic E-state index is 6.09. The highest BCUT2D eigenvalue weighted by atomic mass is 14.9. The molecule has 0 bridgehead atoms. The summed E-state index contributed by atoms with van der Waals surface area (Å²) in [6.45, 7) is 2.10. The SMILES string of the molecule is Cc1cccc(CC(N)Cc2ncc[nH]2)c1. The molecule has 0 amide bonds. The quantitative estimate of drug-likeness (QED) is 0.817. The van der Waals surface area contributed by atoms with Gasteiger partial charge in [-0.05, 0) is 18.9 Å². The Labute approximate surface area is 95.7 Å². The molecule has 0 aliphatic heterocycles. The van der Waals surface area contributed by atoms with Gasteiger partial charge in [0.05, 0.1) is 0 Å². The number of aromatic nitrogens is 2. The zero-order chi connectivity index (χ0) is 11.4. The van der Waals surface area contributed by atoms with Crippen LogP contribution in [0.5, 0.6) is 0 Å². The lowest BCUT2D eigenvalue weighted by Crippen LogP contribution is -2.26. The molecule has 3 nitrogen and oxygen atoms in total. The van der Waals surface area contributed by atoms with E-state index in [4.69, 9.17) is 5.73 Å². The van der Waals surface area contributed by atoms with Gasteiger partial charge in [0.25, 0.3) is 0 Å². The van der Waals surface area contributed by atoms with E-state index >= 15 is 0 Å². The Morgan fingerprint density at radius 3 is 2.94 bits per heavy atom. The predicted octanol–water partition coefficient (Wildman–Crippen LogP) is 1.83. The van der Waals surface area contributed by atoms with E-state index in [1.807, 2.05) is 6.20 Å². The molecule has 1 aromatic carbocycles. The van der Waals surface area contributed by atoms with Gasteiger partial charge in [0, 0.05) is 24.9 Å². The van der Waals surface area contributed by atoms with Gasteiger partial charge >= 0.3 is 0 Å². The number of nitrogens with one attached hydrogen (secondary N) is 1. The zero-order valence-electron chi connectivity index (χ0n) is 9.48. The first-order valence-electron chi connectivity index (χ1n) is 5.53. The number of imidazole rings is 1. The fourth-order valence-corrected chi connectivity index (χ4v) is 1.87. The second kappa shape index (κ2) is 4.94. The molecule has 0 spiro atoms. The summed E-state index contributed by atoms with van der Waals surface area (Å²) in [7, 11) is 0. The summed E-state index contributed by atoms with van der Waals surface area (Å²) in [6, 6.07) is 8.59. The van der Waals surface area contributed by atoms with Crippen molar-refractivity contribution in [1.29, 1.82) is 0 Å². The number of benzene rings is 1. The summed E-state index contributed by atoms with van der Waals surface area (Å²) in [5.74, 6) is 0.958. The molecule has 84 valence electrons. The Balaban J connectivity index is 1.94. The molecule has 2 aromatic rings. The minimum absolute atomic E-state index is 0.118. The lowest BCUT2D eigenvalue weighted by molar-refractivity contribution is 0.645. The molecule has 0 saturated carbocycles. The highest BCUT2D eigenvalue weighted by Crippen LogP contribution is 2.07. The Morgan fingerprint density at radius 1 is 1.38 bits per heavy atom. The number of hydrogen-bond acceptors (Lipinski definition) is 2. The van der Waals surface area contributed by atoms with Crippen LogP contribution in [0.2, 0.25) is 0 Å². The van der Waals surface area contributed by atoms with E-state index in [1.165, 1.54) is 11.1 Å². The molecular weight excluding hydrogens is 198 g/mol. The van der Waals surface area contributed by atoms with Gasteiger partial charge in [0.2, 0.25) is 0 Å². The predicted molar refractivity (Wildman–Crippen MR) is 65.2 cm³/mol. The van der Waals surface area contributed by atoms with E-state index in [0.29, 0.717) is 0 Å². The third-order valence-corrected chi connectivity index (χ3v) is 2.59. The average molecular weight is 215 g/mol. The summed E-state index contributed by atoms with van der Waals surface area (Å²) in [5.41, 5.74) is 8.66. The van der Waals surface area contributed by atoms with Crippen molar-refractivity contribution in [2.45, 2.75) is 25.8 Å². The normalized spacial score (nSPS) is 12.6. The Kier molecular flexibility index (Phi) is 3.37. The number of aryl methyl sites for hydroxylation is 1. The first kappa shape index (κ1) is 10.9. The van der Waals surface area contributed by atoms with Crippen LogP contribution in [-0.2, 0) is 12.8 Å². The van der Waals surface area contributed by atoms with Crippen LogP contribution in [0.25, 0.3) is 0 Å². The van der Waals surface area contributed by atoms with E-state index in [1.54, 1.807) is 6.20 Å². The molecule has 0 aliphatic rings. The van der Waals surface area contributed by atoms with Crippen molar-refractivity contribution >= 4 is 0 Å². The number of nitrogens with zero attached hydrogens (tertiary/aromatic N) is 1. The molecule has 2 rings (SSSR count). The van der Waals surface area contributed by atoms with E-state index in [2.05, 4.69) is 41.2 Å². The van der Waals surface area contributed by atoms with Crippen LogP contribution < -0.4 is 5.73 Å². The molecule has 3 N–H and O–H groups in total. The third kappa shape index (κ3) is 2.94. The number of nitrogens with two attached hydrogens (primary N) is 1. The fraction of sp³-hybridized carbons (Fsp3) is 0.308. The fourth-order valence-electron chi connectivity index (χ4n) is 1.87. The molecule has 1 unspecified atom stereocenters. The van der Waals surface area contributed by atoms with Crippen LogP contribution in [0.3, 0.4) is 0 Å². The van der Waals surface area contributed by atoms with Crippen molar-refractivity contribution in [3.8, 4) is 0 Å². The van der Waals surface area contributed by atoms with Crippen molar-refractivity contribution < 1.29 is 0 Å². The van der Waals surface area contributed by atoms with Crippen LogP contribution in [0, 0.1) is 6.92 Å². The molecule has 0 radical (unpaired) electrons. The Bertz CT molecular complexity index is 434. The van der Waals surface area contributed by atoms with Gasteiger partial charge in [-0.25, -0.2) is 4.98 Å². The largest absolute Gasteiger partial charge is 0.349 e. The minimum Gasteiger partial charge on any atom is -0.349 e. The van der Waals surface area contributed by atoms with Crippen LogP contribution in [0.15, 0.2) is 36.7 Å². The molecule has 0 saturated heterocycles. The molecule has 1 atom stereocenters. The molecular formula is C13H17N3. The Morgan fingerprint density at radius 2 is 2.25 bits per heavy atom. The van der Waals surface area contributed by atoms with Crippen molar-refractivity contribution in [2.24, 2.45) is 5.73 Å². The summed E-state index contributed by atoms with van der Waals surface area (Å²) in [5, 5.41) is 0. The molecule has 0 fully saturated rings. The van der Waals surface area contributed by atoms with Crippen LogP contribution in [0.4, 0.5) is 0 Å². The summed E-state index contributed by atoms with van der Waals surface area (Å²) >= 11 is 0. The molecule has 16 heavy (non-hydrogen) atoms. The third-order valence-electron chi connectivity index (χ3n) is 2.59. The Hall–Kier alpha value is -1.61. The standard InChI is InChI=1S/C13H17N3/c1-10-3-2-4-11(7-10)8-12(14)9-13-15-5-6-16-13/h2-7,12H,8-9,14H2,1H3,(H,15,16). The van der Waals surface area contributed by atoms with E-state index in [9.17, 15) is 0 Å². The van der Waals surface area contributed by atoms with Gasteiger partial charge in [0.15, 0.2) is 0 Å². The van der Waals surface area contributed by atoms with Crippen molar-refractivity contribution in [2.75, 3.05) is 0 Å². The van der Waals surface area contributed by atoms with Gasteiger partial charge < -0.3 is 10.7 Å². The zero-order valence-corrected chi connectivity index (χ0v) is 9.48. The topological polar surface area (TPSA) is 54.7 Å². The minimum atomic E-state index is 0.118. The van der Waals surface area contributed by atoms with E-state index < -0.39 is 0 Å². The first-order chi connectivity index (χ1) is 7.74. The molecule has 1 heterocycles. The molecule has 1 aromatic heterocycles. The number of aromatic amines is 1. The maximum absolute atomic E-state index is 6.09. The lowest BCUT2D eigenvalue weighted by Gasteiger charge is -2.10. The summed E-state index contributed by atoms with van der Waals surface area (Å²) in [4.78, 5) is 7.25. The highest BCUT2D eigenvalue weighted by molar-refractivity contribution is 5.23. The van der Waals surface area contributed by atoms with Crippen molar-refractivity contribution in [3.63, 3.8) is 0 Å². The molecule has 0 aliphatic carbocycles. The monoisotopic (exact) mass is 215 g/mol. The second-order valence-electron chi connectivity index (χ2n) is 4.19. The van der Waals surface area contributed by atoms with Gasteiger partial charge in [-0.1, -0.05) is 29.8 Å². The second-order valence-corrected chi connectivity index (χ2v) is 4.19. The van der Waals surface area contributed by atoms with Crippen LogP contribution in [0.1, 0.15) is 17.0 Å². The van der Waals surface area contributed by atoms with Crippen molar-refractivity contribution in [3.05, 3.63) is 53.6 Å². The van der Waals surface area contributed by atoms with E-state index in [-0.39, 0.29) is 6.04 Å². The van der Waals surface area contributed by atoms with Crippen LogP contribution in [-0.4, -0.2) is 16.0 Å². The first-order valence-corrected chi connectivity index (χ1v) is 5.53. The maximum Gasteiger partial charge on any atom is 0.107 e. The van der Waals surface area contributed by atoms with Crippen LogP contribution >= 0.6 is 0 Å². The number of H-pyrrole nitrogens is 1.